The third kappa shape index (κ3) is 4.05. The number of carbonyl (C=O) groups excluding carboxylic acids is 1. The summed E-state index contributed by atoms with van der Waals surface area (Å²) in [6, 6.07) is 5.70. The number of nitrogens with one attached hydrogen (secondary N) is 2. The number of nitrogens with zero attached hydrogens (tertiary/aromatic N) is 1. The highest BCUT2D eigenvalue weighted by molar-refractivity contribution is 14.1. The summed E-state index contributed by atoms with van der Waals surface area (Å²) in [5.74, 6) is -0.0281. The molecule has 0 bridgehead atoms. The van der Waals surface area contributed by atoms with Crippen LogP contribution in [0.4, 0.5) is 0 Å². The molecule has 0 aliphatic carbocycles. The second kappa shape index (κ2) is 7.21. The van der Waals surface area contributed by atoms with Crippen LogP contribution < -0.4 is 5.32 Å². The second-order valence-electron chi connectivity index (χ2n) is 4.50. The summed E-state index contributed by atoms with van der Waals surface area (Å²) in [5, 5.41) is 9.85. The van der Waals surface area contributed by atoms with Crippen LogP contribution in [0.25, 0.3) is 0 Å². The lowest BCUT2D eigenvalue weighted by atomic mass is 10.1. The quantitative estimate of drug-likeness (QED) is 0.544. The molecule has 6 heteroatoms. The molecule has 0 aliphatic rings. The monoisotopic (exact) mass is 447 g/mol. The molecule has 106 valence electrons. The summed E-state index contributed by atoms with van der Waals surface area (Å²) in [5.41, 5.74) is 3.01. The Balaban J connectivity index is 1.83. The van der Waals surface area contributed by atoms with Crippen molar-refractivity contribution < 1.29 is 4.79 Å². The molecule has 0 spiro atoms. The van der Waals surface area contributed by atoms with E-state index in [9.17, 15) is 4.79 Å². The predicted octanol–water partition coefficient (Wildman–Crippen LogP) is 3.45. The van der Waals surface area contributed by atoms with Crippen molar-refractivity contribution in [1.82, 2.24) is 15.5 Å². The van der Waals surface area contributed by atoms with Gasteiger partial charge in [0.2, 0.25) is 0 Å². The summed E-state index contributed by atoms with van der Waals surface area (Å²) >= 11 is 5.56. The molecule has 0 atom stereocenters. The first-order valence-corrected chi connectivity index (χ1v) is 8.17. The van der Waals surface area contributed by atoms with Crippen molar-refractivity contribution in [3.8, 4) is 0 Å². The van der Waals surface area contributed by atoms with E-state index in [0.717, 1.165) is 26.6 Å². The van der Waals surface area contributed by atoms with Gasteiger partial charge in [-0.05, 0) is 66.1 Å². The van der Waals surface area contributed by atoms with Gasteiger partial charge in [0.05, 0.1) is 11.8 Å². The third-order valence-corrected chi connectivity index (χ3v) is 4.45. The zero-order chi connectivity index (χ0) is 14.5. The number of carbonyl (C=O) groups is 1. The number of benzene rings is 1. The van der Waals surface area contributed by atoms with Gasteiger partial charge in [-0.2, -0.15) is 5.10 Å². The van der Waals surface area contributed by atoms with E-state index in [1.165, 1.54) is 5.56 Å². The third-order valence-electron chi connectivity index (χ3n) is 3.02. The average Bonchev–Trinajstić information content (AvgIpc) is 2.83. The SMILES string of the molecule is Cc1[nH]ncc1CCCNC(=O)c1cc(Br)ccc1I. The lowest BCUT2D eigenvalue weighted by molar-refractivity contribution is 0.0952. The standard InChI is InChI=1S/C14H15BrIN3O/c1-9-10(8-18-19-9)3-2-6-17-14(20)12-7-11(15)4-5-13(12)16/h4-5,7-8H,2-3,6H2,1H3,(H,17,20)(H,18,19). The first-order valence-electron chi connectivity index (χ1n) is 6.30. The van der Waals surface area contributed by atoms with Crippen molar-refractivity contribution >= 4 is 44.4 Å². The van der Waals surface area contributed by atoms with Crippen LogP contribution in [0.2, 0.25) is 0 Å². The average molecular weight is 448 g/mol. The lowest BCUT2D eigenvalue weighted by Crippen LogP contribution is -2.25. The van der Waals surface area contributed by atoms with Gasteiger partial charge in [-0.25, -0.2) is 0 Å². The molecule has 1 aromatic carbocycles. The van der Waals surface area contributed by atoms with Crippen LogP contribution in [0.1, 0.15) is 28.0 Å². The van der Waals surface area contributed by atoms with E-state index in [-0.39, 0.29) is 5.91 Å². The largest absolute Gasteiger partial charge is 0.352 e. The Labute approximate surface area is 140 Å². The van der Waals surface area contributed by atoms with E-state index in [4.69, 9.17) is 0 Å². The van der Waals surface area contributed by atoms with Crippen molar-refractivity contribution in [2.45, 2.75) is 19.8 Å². The highest BCUT2D eigenvalue weighted by Crippen LogP contribution is 2.18. The van der Waals surface area contributed by atoms with Gasteiger partial charge < -0.3 is 5.32 Å². The molecule has 0 radical (unpaired) electrons. The number of rotatable bonds is 5. The summed E-state index contributed by atoms with van der Waals surface area (Å²) in [7, 11) is 0. The molecule has 0 fully saturated rings. The topological polar surface area (TPSA) is 57.8 Å². The molecule has 2 N–H and O–H groups in total. The molecule has 1 amide bonds. The molecule has 2 aromatic rings. The molecule has 1 aromatic heterocycles. The Morgan fingerprint density at radius 3 is 3.00 bits per heavy atom. The van der Waals surface area contributed by atoms with E-state index < -0.39 is 0 Å². The van der Waals surface area contributed by atoms with Crippen molar-refractivity contribution in [2.75, 3.05) is 6.54 Å². The molecule has 0 saturated heterocycles. The molecule has 1 heterocycles. The smallest absolute Gasteiger partial charge is 0.252 e. The normalized spacial score (nSPS) is 10.6. The molecule has 0 aliphatic heterocycles. The molecule has 20 heavy (non-hydrogen) atoms. The molecule has 4 nitrogen and oxygen atoms in total. The highest BCUT2D eigenvalue weighted by Gasteiger charge is 2.10. The van der Waals surface area contributed by atoms with Crippen LogP contribution in [0.3, 0.4) is 0 Å². The zero-order valence-corrected chi connectivity index (χ0v) is 14.8. The highest BCUT2D eigenvalue weighted by atomic mass is 127. The summed E-state index contributed by atoms with van der Waals surface area (Å²) in [4.78, 5) is 12.1. The van der Waals surface area contributed by atoms with Crippen molar-refractivity contribution in [2.24, 2.45) is 0 Å². The number of hydrogen-bond acceptors (Lipinski definition) is 2. The summed E-state index contributed by atoms with van der Waals surface area (Å²) in [6.45, 7) is 2.66. The van der Waals surface area contributed by atoms with Gasteiger partial charge in [-0.1, -0.05) is 15.9 Å². The van der Waals surface area contributed by atoms with Gasteiger partial charge in [0.25, 0.3) is 5.91 Å². The number of hydrogen-bond donors (Lipinski definition) is 2. The number of H-pyrrole nitrogens is 1. The Kier molecular flexibility index (Phi) is 5.59. The number of amides is 1. The van der Waals surface area contributed by atoms with E-state index >= 15 is 0 Å². The number of aromatic amines is 1. The van der Waals surface area contributed by atoms with E-state index in [0.29, 0.717) is 12.1 Å². The Bertz CT molecular complexity index is 612. The zero-order valence-electron chi connectivity index (χ0n) is 11.0. The molecule has 2 rings (SSSR count). The van der Waals surface area contributed by atoms with Gasteiger partial charge in [-0.3, -0.25) is 9.89 Å². The molecule has 0 unspecified atom stereocenters. The Morgan fingerprint density at radius 1 is 1.50 bits per heavy atom. The van der Waals surface area contributed by atoms with E-state index in [2.05, 4.69) is 54.0 Å². The van der Waals surface area contributed by atoms with Crippen LogP contribution in [-0.4, -0.2) is 22.6 Å². The lowest BCUT2D eigenvalue weighted by Gasteiger charge is -2.07. The summed E-state index contributed by atoms with van der Waals surface area (Å²) in [6.07, 6.45) is 3.66. The number of halogens is 2. The minimum absolute atomic E-state index is 0.0281. The fourth-order valence-corrected chi connectivity index (χ4v) is 2.82. The van der Waals surface area contributed by atoms with Crippen LogP contribution in [0, 0.1) is 10.5 Å². The fraction of sp³-hybridized carbons (Fsp3) is 0.286. The molecular weight excluding hydrogens is 433 g/mol. The number of aromatic nitrogens is 2. The Morgan fingerprint density at radius 2 is 2.30 bits per heavy atom. The number of aryl methyl sites for hydroxylation is 2. The van der Waals surface area contributed by atoms with Gasteiger partial charge in [0, 0.05) is 20.3 Å². The maximum Gasteiger partial charge on any atom is 0.252 e. The molecule has 0 saturated carbocycles. The fourth-order valence-electron chi connectivity index (χ4n) is 1.88. The van der Waals surface area contributed by atoms with Gasteiger partial charge in [0.15, 0.2) is 0 Å². The van der Waals surface area contributed by atoms with Crippen molar-refractivity contribution in [1.29, 1.82) is 0 Å². The minimum Gasteiger partial charge on any atom is -0.352 e. The van der Waals surface area contributed by atoms with Crippen LogP contribution in [0.15, 0.2) is 28.9 Å². The molecular formula is C14H15BrIN3O. The van der Waals surface area contributed by atoms with Gasteiger partial charge in [-0.15, -0.1) is 0 Å². The van der Waals surface area contributed by atoms with Crippen LogP contribution >= 0.6 is 38.5 Å². The van der Waals surface area contributed by atoms with Crippen LogP contribution in [-0.2, 0) is 6.42 Å². The van der Waals surface area contributed by atoms with Crippen LogP contribution in [0.5, 0.6) is 0 Å². The minimum atomic E-state index is -0.0281. The van der Waals surface area contributed by atoms with E-state index in [1.807, 2.05) is 31.3 Å². The van der Waals surface area contributed by atoms with Crippen molar-refractivity contribution in [3.63, 3.8) is 0 Å². The van der Waals surface area contributed by atoms with Gasteiger partial charge in [0.1, 0.15) is 0 Å². The predicted molar refractivity (Wildman–Crippen MR) is 90.8 cm³/mol. The van der Waals surface area contributed by atoms with E-state index in [1.54, 1.807) is 0 Å². The Hall–Kier alpha value is -0.890. The second-order valence-corrected chi connectivity index (χ2v) is 6.58. The summed E-state index contributed by atoms with van der Waals surface area (Å²) < 4.78 is 1.87. The maximum absolute atomic E-state index is 12.1. The maximum atomic E-state index is 12.1. The first-order chi connectivity index (χ1) is 9.58. The van der Waals surface area contributed by atoms with Gasteiger partial charge >= 0.3 is 0 Å². The van der Waals surface area contributed by atoms with Crippen molar-refractivity contribution in [3.05, 3.63) is 49.3 Å². The first kappa shape index (κ1) is 15.5.